The Labute approximate surface area is 883 Å². The molecule has 0 aromatic heterocycles. The van der Waals surface area contributed by atoms with Crippen LogP contribution in [0.2, 0.25) is 0 Å². The second-order valence-electron chi connectivity index (χ2n) is 37.0. The molecule has 3 rings (SSSR count). The normalized spacial score (nSPS) is 11.6. The zero-order valence-corrected chi connectivity index (χ0v) is 91.1. The average molecular weight is 2090 g/mol. The largest absolute Gasteiger partial charge is 1.00 e. The number of benzene rings is 3. The number of carbonyl (C=O) groups excluding carboxylic acids is 13. The second-order valence-corrected chi connectivity index (χ2v) is 38.6. The van der Waals surface area contributed by atoms with Crippen molar-refractivity contribution in [3.8, 4) is 0 Å². The summed E-state index contributed by atoms with van der Waals surface area (Å²) < 4.78 is 67.2. The van der Waals surface area contributed by atoms with Crippen LogP contribution in [0.5, 0.6) is 0 Å². The molecule has 0 radical (unpaired) electrons. The van der Waals surface area contributed by atoms with Crippen molar-refractivity contribution in [2.24, 2.45) is 22.3 Å². The summed E-state index contributed by atoms with van der Waals surface area (Å²) in [5.74, 6) is -1.65. The number of hydrogen-bond donors (Lipinski definition) is 11. The van der Waals surface area contributed by atoms with E-state index < -0.39 is 50.9 Å². The number of azide groups is 1. The van der Waals surface area contributed by atoms with Crippen molar-refractivity contribution in [3.63, 3.8) is 0 Å². The average Bonchev–Trinajstić information content (AvgIpc) is 0.914. The molecular weight excluding hydrogens is 1910 g/mol. The predicted molar refractivity (Wildman–Crippen MR) is 554 cm³/mol. The number of alkyl carbamates (subject to hydrolysis) is 2. The standard InChI is InChI=1S/C27H44N4O6.C23H37N3O7S.C22H34N6O4.C14H33N5O2.C10H18O5.2CH4.N3.Na/c1-21(32)28-16-18-31(17-10-14-25(34)36-20-23-11-7-6-8-12-23)19-24(30-22(2)33)13-9-15-29-26(35)37-27(3,4)5;1-19(27)24-13-15-26(14-7-12-23(29)32-18-21-9-5-4-6-10-21)17-22(25-20(2)28)11-8-16-33-34(3,30)31;1-18(29)24-13-15-28(16-21(26-19(2)30)10-6-12-25-27-23)14-7-11-22(31)32-17-20-8-4-3-5-9-20;1-14(2,3)21-13(20)18-8-4-5-12(17)11-19(9-6-15)10-7-16;1-9(2,3)14-7(11)13-8(12)15-10(4,5)6;;;1-3-2;/h6-8,11-12,24H,9-10,13-20H2,1-5H3,(H,28,32)(H,29,35)(H,30,33);4-6,9-10,22H,7-8,11-18H2,1-3H3,(H,24,27)(H,25,28);3-5,8-9,21H,6-7,10-17H2,1-2H3,(H,24,29)(H,26,30);12H,4-11,15-17H2,1-3H3,(H,18,20);1-6H3;2*1H4;;/q;;;;;;;-1;+1. The van der Waals surface area contributed by atoms with Gasteiger partial charge in [0.1, 0.15) is 42.2 Å². The SMILES string of the molecule is C.C.CC(=O)NCCN(CCCC(=O)OCc1ccccc1)CC(CCCN=[N+]=[N-])NC(C)=O.CC(=O)NCCN(CCCC(=O)OCc1ccccc1)CC(CCCNC(=O)OC(C)(C)C)NC(C)=O.CC(=O)NCCN(CCCC(=O)OCc1ccccc1)CC(CCCOS(C)(=O)=O)NC(C)=O.CC(C)(C)OC(=O)NCCCC(N)CN(CCN)CCN.CC(C)(C)OC(=O)OC(=O)OC(C)(C)C.[N-]=[N+]=[N-].[Na+]. The van der Waals surface area contributed by atoms with Crippen molar-refractivity contribution < 1.29 is 142 Å². The molecule has 3 aromatic carbocycles. The fraction of sp³-hybridized carbons (Fsp3) is 0.684. The van der Waals surface area contributed by atoms with Gasteiger partial charge in [0.25, 0.3) is 10.1 Å². The van der Waals surface area contributed by atoms with Gasteiger partial charge in [-0.3, -0.25) is 71.8 Å². The van der Waals surface area contributed by atoms with E-state index in [9.17, 15) is 70.7 Å². The van der Waals surface area contributed by atoms with Crippen molar-refractivity contribution in [2.45, 2.75) is 296 Å². The van der Waals surface area contributed by atoms with Crippen molar-refractivity contribution in [2.75, 3.05) is 144 Å². The van der Waals surface area contributed by atoms with Crippen LogP contribution in [-0.2, 0) is 115 Å². The maximum atomic E-state index is 12.2. The zero-order chi connectivity index (χ0) is 108. The molecule has 0 bridgehead atoms. The summed E-state index contributed by atoms with van der Waals surface area (Å²) in [4.78, 5) is 163. The van der Waals surface area contributed by atoms with E-state index in [0.717, 1.165) is 55.4 Å². The number of amides is 8. The maximum Gasteiger partial charge on any atom is 1.00 e. The fourth-order valence-electron chi connectivity index (χ4n) is 12.7. The molecule has 3 aromatic rings. The van der Waals surface area contributed by atoms with E-state index in [1.54, 1.807) is 62.3 Å². The second kappa shape index (κ2) is 86.5. The van der Waals surface area contributed by atoms with Gasteiger partial charge in [-0.1, -0.05) is 111 Å². The Morgan fingerprint density at radius 3 is 0.959 bits per heavy atom. The van der Waals surface area contributed by atoms with Gasteiger partial charge in [-0.15, -0.1) is 0 Å². The Balaban J connectivity index is -0.000000422. The summed E-state index contributed by atoms with van der Waals surface area (Å²) in [6.07, 6.45) is 5.78. The van der Waals surface area contributed by atoms with Gasteiger partial charge < -0.3 is 109 Å². The van der Waals surface area contributed by atoms with E-state index in [0.29, 0.717) is 169 Å². The molecule has 822 valence electrons. The number of esters is 3. The number of carbonyl (C=O) groups is 13. The first-order chi connectivity index (χ1) is 66.6. The number of rotatable bonds is 59. The first kappa shape index (κ1) is 145. The molecule has 0 saturated heterocycles. The molecule has 8 amide bonds. The summed E-state index contributed by atoms with van der Waals surface area (Å²) >= 11 is 0. The van der Waals surface area contributed by atoms with Gasteiger partial charge in [0, 0.05) is 201 Å². The molecular formula is C98H174N21NaO24S. The van der Waals surface area contributed by atoms with E-state index in [2.05, 4.69) is 76.9 Å². The van der Waals surface area contributed by atoms with E-state index in [1.165, 1.54) is 46.5 Å². The number of ether oxygens (including phenoxy) is 8. The number of hydrogen-bond acceptors (Lipinski definition) is 32. The summed E-state index contributed by atoms with van der Waals surface area (Å²) in [6.45, 7) is 41.8. The smallest absolute Gasteiger partial charge is 0.461 e. The van der Waals surface area contributed by atoms with Gasteiger partial charge in [-0.05, 0) is 196 Å². The van der Waals surface area contributed by atoms with E-state index in [-0.39, 0.29) is 174 Å². The minimum Gasteiger partial charge on any atom is -0.461 e. The molecule has 0 aliphatic carbocycles. The molecule has 0 saturated carbocycles. The minimum atomic E-state index is -3.51. The third-order valence-electron chi connectivity index (χ3n) is 18.4. The van der Waals surface area contributed by atoms with Crippen LogP contribution < -0.4 is 89.3 Å². The van der Waals surface area contributed by atoms with Crippen LogP contribution in [0, 0.1) is 0 Å². The summed E-state index contributed by atoms with van der Waals surface area (Å²) in [5, 5.41) is 26.1. The van der Waals surface area contributed by atoms with Crippen molar-refractivity contribution in [1.29, 1.82) is 0 Å². The Morgan fingerprint density at radius 2 is 0.683 bits per heavy atom. The van der Waals surface area contributed by atoms with Crippen molar-refractivity contribution in [1.82, 2.24) is 62.1 Å². The Kier molecular flexibility index (Phi) is 86.6. The Hall–Kier alpha value is -10.6. The third-order valence-corrected chi connectivity index (χ3v) is 19.0. The van der Waals surface area contributed by atoms with E-state index in [1.807, 2.05) is 112 Å². The first-order valence-corrected chi connectivity index (χ1v) is 49.5. The molecule has 14 N–H and O–H groups in total. The van der Waals surface area contributed by atoms with Crippen molar-refractivity contribution in [3.05, 3.63) is 134 Å². The third kappa shape index (κ3) is 102. The molecule has 4 atom stereocenters. The van der Waals surface area contributed by atoms with Gasteiger partial charge in [-0.2, -0.15) is 8.42 Å². The van der Waals surface area contributed by atoms with Gasteiger partial charge in [-0.25, -0.2) is 19.2 Å². The Morgan fingerprint density at radius 1 is 0.393 bits per heavy atom. The Bertz CT molecular complexity index is 4230. The van der Waals surface area contributed by atoms with Gasteiger partial charge in [0.05, 0.1) is 12.9 Å². The van der Waals surface area contributed by atoms with Crippen LogP contribution in [0.4, 0.5) is 19.2 Å². The van der Waals surface area contributed by atoms with Gasteiger partial charge in [0.2, 0.25) is 35.4 Å². The molecule has 4 unspecified atom stereocenters. The molecule has 0 aliphatic heterocycles. The molecule has 145 heavy (non-hydrogen) atoms. The van der Waals surface area contributed by atoms with Gasteiger partial charge >= 0.3 is 72.0 Å². The monoisotopic (exact) mass is 2080 g/mol. The van der Waals surface area contributed by atoms with E-state index in [4.69, 9.17) is 71.1 Å². The van der Waals surface area contributed by atoms with Crippen molar-refractivity contribution >= 4 is 88.0 Å². The topological polar surface area (TPSA) is 634 Å². The van der Waals surface area contributed by atoms with E-state index >= 15 is 0 Å². The molecule has 0 spiro atoms. The molecule has 0 aliphatic rings. The molecule has 45 nitrogen and oxygen atoms in total. The molecule has 0 heterocycles. The molecule has 47 heteroatoms. The summed E-state index contributed by atoms with van der Waals surface area (Å²) in [6, 6.07) is 28.0. The predicted octanol–water partition coefficient (Wildman–Crippen LogP) is 8.36. The van der Waals surface area contributed by atoms with Gasteiger partial charge in [0.15, 0.2) is 0 Å². The number of nitrogens with two attached hydrogens (primary N) is 3. The van der Waals surface area contributed by atoms with Crippen LogP contribution in [0.1, 0.15) is 246 Å². The number of nitrogens with one attached hydrogen (secondary N) is 8. The summed E-state index contributed by atoms with van der Waals surface area (Å²) in [5.41, 5.74) is 39.5. The fourth-order valence-corrected chi connectivity index (χ4v) is 13.1. The van der Waals surface area contributed by atoms with Crippen LogP contribution >= 0.6 is 0 Å². The molecule has 0 fully saturated rings. The quantitative estimate of drug-likeness (QED) is 0.00291. The van der Waals surface area contributed by atoms with Crippen LogP contribution in [0.25, 0.3) is 26.4 Å². The maximum absolute atomic E-state index is 12.2. The minimum absolute atomic E-state index is 0. The van der Waals surface area contributed by atoms with Crippen LogP contribution in [0.15, 0.2) is 96.1 Å². The zero-order valence-electron chi connectivity index (χ0n) is 88.3. The van der Waals surface area contributed by atoms with Crippen LogP contribution in [0.3, 0.4) is 0 Å². The summed E-state index contributed by atoms with van der Waals surface area (Å²) in [7, 11) is -3.51. The number of nitrogens with zero attached hydrogens (tertiary/aromatic N) is 10. The van der Waals surface area contributed by atoms with Crippen LogP contribution in [-0.4, -0.2) is 296 Å². The first-order valence-electron chi connectivity index (χ1n) is 47.7.